The number of benzene rings is 2. The highest BCUT2D eigenvalue weighted by molar-refractivity contribution is 7.13. The Kier molecular flexibility index (Phi) is 5.95. The van der Waals surface area contributed by atoms with Crippen LogP contribution in [0.2, 0.25) is 0 Å². The fourth-order valence-corrected chi connectivity index (χ4v) is 4.75. The fraction of sp³-hybridized carbons (Fsp3) is 0.292. The van der Waals surface area contributed by atoms with E-state index in [9.17, 15) is 9.59 Å². The summed E-state index contributed by atoms with van der Waals surface area (Å²) in [6.45, 7) is 4.90. The second-order valence-electron chi connectivity index (χ2n) is 7.71. The molecular formula is C24H25N3O2S. The number of thiazole rings is 1. The van der Waals surface area contributed by atoms with Crippen molar-refractivity contribution in [2.45, 2.75) is 32.9 Å². The first-order valence-corrected chi connectivity index (χ1v) is 11.0. The number of amides is 2. The second-order valence-corrected chi connectivity index (χ2v) is 8.57. The van der Waals surface area contributed by atoms with Crippen LogP contribution >= 0.6 is 11.3 Å². The number of aryl methyl sites for hydroxylation is 1. The molecule has 1 aliphatic rings. The van der Waals surface area contributed by atoms with Crippen LogP contribution in [0.3, 0.4) is 0 Å². The number of nitrogens with one attached hydrogen (secondary N) is 1. The smallest absolute Gasteiger partial charge is 0.225 e. The summed E-state index contributed by atoms with van der Waals surface area (Å²) in [6, 6.07) is 18.0. The molecule has 1 N–H and O–H groups in total. The summed E-state index contributed by atoms with van der Waals surface area (Å²) >= 11 is 1.58. The van der Waals surface area contributed by atoms with Gasteiger partial charge in [0.15, 0.2) is 0 Å². The summed E-state index contributed by atoms with van der Waals surface area (Å²) in [6.07, 6.45) is 0.258. The number of rotatable bonds is 6. The minimum Gasteiger partial charge on any atom is -0.350 e. The minimum absolute atomic E-state index is 0.0296. The summed E-state index contributed by atoms with van der Waals surface area (Å²) < 4.78 is 0. The Balaban J connectivity index is 1.35. The monoisotopic (exact) mass is 419 g/mol. The Morgan fingerprint density at radius 3 is 2.70 bits per heavy atom. The van der Waals surface area contributed by atoms with Gasteiger partial charge in [0.05, 0.1) is 24.2 Å². The van der Waals surface area contributed by atoms with Crippen molar-refractivity contribution in [3.63, 3.8) is 0 Å². The van der Waals surface area contributed by atoms with Gasteiger partial charge in [0, 0.05) is 23.9 Å². The van der Waals surface area contributed by atoms with Gasteiger partial charge in [-0.15, -0.1) is 11.3 Å². The molecule has 4 rings (SSSR count). The number of hydrogen-bond donors (Lipinski definition) is 1. The van der Waals surface area contributed by atoms with Gasteiger partial charge in [0.25, 0.3) is 0 Å². The van der Waals surface area contributed by atoms with Crippen LogP contribution in [0.25, 0.3) is 10.6 Å². The molecule has 2 heterocycles. The van der Waals surface area contributed by atoms with E-state index in [4.69, 9.17) is 0 Å². The molecule has 1 fully saturated rings. The molecule has 3 aromatic rings. The van der Waals surface area contributed by atoms with E-state index in [-0.39, 0.29) is 30.2 Å². The second kappa shape index (κ2) is 8.79. The van der Waals surface area contributed by atoms with E-state index in [1.165, 1.54) is 5.56 Å². The summed E-state index contributed by atoms with van der Waals surface area (Å²) in [4.78, 5) is 31.7. The maximum absolute atomic E-state index is 12.7. The number of carbonyl (C=O) groups excluding carboxylic acids is 2. The lowest BCUT2D eigenvalue weighted by molar-refractivity contribution is -0.130. The lowest BCUT2D eigenvalue weighted by Crippen LogP contribution is -2.33. The van der Waals surface area contributed by atoms with Crippen molar-refractivity contribution in [1.82, 2.24) is 15.2 Å². The van der Waals surface area contributed by atoms with Crippen molar-refractivity contribution in [3.05, 3.63) is 76.8 Å². The Morgan fingerprint density at radius 1 is 1.20 bits per heavy atom. The van der Waals surface area contributed by atoms with E-state index < -0.39 is 0 Å². The molecular weight excluding hydrogens is 394 g/mol. The predicted molar refractivity (Wildman–Crippen MR) is 119 cm³/mol. The summed E-state index contributed by atoms with van der Waals surface area (Å²) in [5, 5.41) is 5.90. The van der Waals surface area contributed by atoms with Crippen LogP contribution in [-0.4, -0.2) is 28.2 Å². The van der Waals surface area contributed by atoms with Gasteiger partial charge in [-0.1, -0.05) is 54.6 Å². The number of nitrogens with zero attached hydrogens (tertiary/aromatic N) is 2. The summed E-state index contributed by atoms with van der Waals surface area (Å²) in [5.74, 6) is -0.378. The van der Waals surface area contributed by atoms with Crippen LogP contribution < -0.4 is 5.32 Å². The molecule has 1 aliphatic heterocycles. The van der Waals surface area contributed by atoms with Crippen molar-refractivity contribution in [3.8, 4) is 10.6 Å². The Morgan fingerprint density at radius 2 is 1.93 bits per heavy atom. The first-order valence-electron chi connectivity index (χ1n) is 10.2. The van der Waals surface area contributed by atoms with Gasteiger partial charge in [0.1, 0.15) is 5.01 Å². The molecule has 1 saturated heterocycles. The molecule has 1 aromatic heterocycles. The van der Waals surface area contributed by atoms with Crippen LogP contribution in [0.15, 0.2) is 60.0 Å². The van der Waals surface area contributed by atoms with Gasteiger partial charge in [-0.3, -0.25) is 9.59 Å². The topological polar surface area (TPSA) is 62.3 Å². The zero-order chi connectivity index (χ0) is 21.1. The van der Waals surface area contributed by atoms with Crippen molar-refractivity contribution in [2.75, 3.05) is 6.54 Å². The van der Waals surface area contributed by atoms with E-state index in [1.54, 1.807) is 16.2 Å². The lowest BCUT2D eigenvalue weighted by Gasteiger charge is -2.25. The molecule has 30 heavy (non-hydrogen) atoms. The maximum atomic E-state index is 12.7. The molecule has 2 aromatic carbocycles. The molecule has 0 aliphatic carbocycles. The van der Waals surface area contributed by atoms with Gasteiger partial charge >= 0.3 is 0 Å². The molecule has 0 saturated carbocycles. The van der Waals surface area contributed by atoms with Gasteiger partial charge in [0.2, 0.25) is 11.8 Å². The summed E-state index contributed by atoms with van der Waals surface area (Å²) in [5.41, 5.74) is 4.22. The highest BCUT2D eigenvalue weighted by Crippen LogP contribution is 2.29. The van der Waals surface area contributed by atoms with E-state index in [2.05, 4.69) is 29.4 Å². The highest BCUT2D eigenvalue weighted by Gasteiger charge is 2.36. The van der Waals surface area contributed by atoms with Crippen LogP contribution in [-0.2, 0) is 16.1 Å². The molecule has 6 heteroatoms. The van der Waals surface area contributed by atoms with Crippen LogP contribution in [0, 0.1) is 12.8 Å². The number of aromatic nitrogens is 1. The average Bonchev–Trinajstić information content (AvgIpc) is 3.39. The normalized spacial score (nSPS) is 17.2. The number of hydrogen-bond acceptors (Lipinski definition) is 4. The van der Waals surface area contributed by atoms with E-state index in [0.717, 1.165) is 21.8 Å². The van der Waals surface area contributed by atoms with Gasteiger partial charge in [-0.25, -0.2) is 4.98 Å². The third-order valence-corrected chi connectivity index (χ3v) is 6.57. The standard InChI is InChI=1S/C24H25N3O2S/c1-16-8-6-7-11-21(16)24-26-20(15-30-24)13-25-23(29)19-12-22(28)27(14-19)17(2)18-9-4-3-5-10-18/h3-11,15,17,19H,12-14H2,1-2H3,(H,25,29). The molecule has 2 atom stereocenters. The van der Waals surface area contributed by atoms with E-state index in [1.807, 2.05) is 54.8 Å². The Bertz CT molecular complexity index is 1050. The third kappa shape index (κ3) is 4.28. The van der Waals surface area contributed by atoms with Crippen molar-refractivity contribution in [1.29, 1.82) is 0 Å². The average molecular weight is 420 g/mol. The molecule has 0 bridgehead atoms. The van der Waals surface area contributed by atoms with Crippen LogP contribution in [0.5, 0.6) is 0 Å². The van der Waals surface area contributed by atoms with Crippen LogP contribution in [0.4, 0.5) is 0 Å². The van der Waals surface area contributed by atoms with Crippen LogP contribution in [0.1, 0.15) is 36.2 Å². The SMILES string of the molecule is Cc1ccccc1-c1nc(CNC(=O)C2CC(=O)N(C(C)c3ccccc3)C2)cs1. The first kappa shape index (κ1) is 20.3. The molecule has 2 unspecified atom stereocenters. The third-order valence-electron chi connectivity index (χ3n) is 5.65. The maximum Gasteiger partial charge on any atom is 0.225 e. The van der Waals surface area contributed by atoms with E-state index in [0.29, 0.717) is 13.1 Å². The Labute approximate surface area is 180 Å². The first-order chi connectivity index (χ1) is 14.5. The molecule has 0 radical (unpaired) electrons. The fourth-order valence-electron chi connectivity index (χ4n) is 3.84. The van der Waals surface area contributed by atoms with Crippen molar-refractivity contribution in [2.24, 2.45) is 5.92 Å². The molecule has 5 nitrogen and oxygen atoms in total. The molecule has 0 spiro atoms. The van der Waals surface area contributed by atoms with Gasteiger partial charge in [-0.2, -0.15) is 0 Å². The Hall–Kier alpha value is -2.99. The van der Waals surface area contributed by atoms with E-state index >= 15 is 0 Å². The zero-order valence-electron chi connectivity index (χ0n) is 17.2. The summed E-state index contributed by atoms with van der Waals surface area (Å²) in [7, 11) is 0. The molecule has 2 amide bonds. The predicted octanol–water partition coefficient (Wildman–Crippen LogP) is 4.34. The highest BCUT2D eigenvalue weighted by atomic mass is 32.1. The van der Waals surface area contributed by atoms with Gasteiger partial charge < -0.3 is 10.2 Å². The number of likely N-dealkylation sites (tertiary alicyclic amines) is 1. The zero-order valence-corrected chi connectivity index (χ0v) is 18.0. The quantitative estimate of drug-likeness (QED) is 0.646. The molecule has 154 valence electrons. The van der Waals surface area contributed by atoms with Crippen molar-refractivity contribution >= 4 is 23.2 Å². The lowest BCUT2D eigenvalue weighted by atomic mass is 10.1. The largest absolute Gasteiger partial charge is 0.350 e. The minimum atomic E-state index is -0.321. The van der Waals surface area contributed by atoms with Crippen molar-refractivity contribution < 1.29 is 9.59 Å². The number of carbonyl (C=O) groups is 2. The van der Waals surface area contributed by atoms with Gasteiger partial charge in [-0.05, 0) is 25.0 Å².